The second-order valence-electron chi connectivity index (χ2n) is 5.33. The second-order valence-corrected chi connectivity index (χ2v) is 5.33. The van der Waals surface area contributed by atoms with Gasteiger partial charge in [0.2, 0.25) is 0 Å². The van der Waals surface area contributed by atoms with E-state index in [0.717, 1.165) is 27.7 Å². The number of amides is 1. The Labute approximate surface area is 128 Å². The lowest BCUT2D eigenvalue weighted by Crippen LogP contribution is -2.20. The zero-order valence-electron chi connectivity index (χ0n) is 12.5. The molecule has 112 valence electrons. The van der Waals surface area contributed by atoms with Crippen LogP contribution in [0.5, 0.6) is 5.75 Å². The number of aryl methyl sites for hydroxylation is 2. The Morgan fingerprint density at radius 2 is 1.95 bits per heavy atom. The SMILES string of the molecule is Cc1cc(C)cc(OCC(=O)Nc2ccc3[nH]ncc3c2)c1. The molecule has 1 heterocycles. The summed E-state index contributed by atoms with van der Waals surface area (Å²) in [5.41, 5.74) is 3.88. The number of H-pyrrole nitrogens is 1. The van der Waals surface area contributed by atoms with Crippen molar-refractivity contribution in [2.75, 3.05) is 11.9 Å². The first kappa shape index (κ1) is 14.1. The van der Waals surface area contributed by atoms with Gasteiger partial charge in [0.25, 0.3) is 5.91 Å². The summed E-state index contributed by atoms with van der Waals surface area (Å²) in [6, 6.07) is 11.5. The van der Waals surface area contributed by atoms with E-state index in [0.29, 0.717) is 5.75 Å². The highest BCUT2D eigenvalue weighted by Crippen LogP contribution is 2.18. The van der Waals surface area contributed by atoms with Crippen molar-refractivity contribution in [2.24, 2.45) is 0 Å². The number of carbonyl (C=O) groups excluding carboxylic acids is 1. The van der Waals surface area contributed by atoms with Crippen LogP contribution in [0.2, 0.25) is 0 Å². The summed E-state index contributed by atoms with van der Waals surface area (Å²) in [5.74, 6) is 0.514. The number of nitrogens with zero attached hydrogens (tertiary/aromatic N) is 1. The predicted molar refractivity (Wildman–Crippen MR) is 86.1 cm³/mol. The highest BCUT2D eigenvalue weighted by molar-refractivity contribution is 5.94. The Balaban J connectivity index is 1.62. The summed E-state index contributed by atoms with van der Waals surface area (Å²) in [6.07, 6.45) is 1.72. The Kier molecular flexibility index (Phi) is 3.78. The lowest BCUT2D eigenvalue weighted by Gasteiger charge is -2.09. The van der Waals surface area contributed by atoms with E-state index in [1.54, 1.807) is 6.20 Å². The van der Waals surface area contributed by atoms with Gasteiger partial charge < -0.3 is 10.1 Å². The van der Waals surface area contributed by atoms with Gasteiger partial charge in [-0.25, -0.2) is 0 Å². The fourth-order valence-electron chi connectivity index (χ4n) is 2.38. The average molecular weight is 295 g/mol. The number of rotatable bonds is 4. The van der Waals surface area contributed by atoms with E-state index in [2.05, 4.69) is 21.6 Å². The normalized spacial score (nSPS) is 10.6. The fraction of sp³-hybridized carbons (Fsp3) is 0.176. The van der Waals surface area contributed by atoms with Gasteiger partial charge in [0.15, 0.2) is 6.61 Å². The van der Waals surface area contributed by atoms with Gasteiger partial charge in [-0.2, -0.15) is 5.10 Å². The molecule has 3 aromatic rings. The molecule has 0 aliphatic carbocycles. The molecule has 0 spiro atoms. The molecule has 0 saturated carbocycles. The first-order chi connectivity index (χ1) is 10.6. The van der Waals surface area contributed by atoms with Crippen LogP contribution in [-0.2, 0) is 4.79 Å². The maximum Gasteiger partial charge on any atom is 0.262 e. The number of carbonyl (C=O) groups is 1. The molecular weight excluding hydrogens is 278 g/mol. The third-order valence-corrected chi connectivity index (χ3v) is 3.29. The van der Waals surface area contributed by atoms with E-state index < -0.39 is 0 Å². The zero-order chi connectivity index (χ0) is 15.5. The molecule has 2 N–H and O–H groups in total. The summed E-state index contributed by atoms with van der Waals surface area (Å²) in [5, 5.41) is 10.6. The van der Waals surface area contributed by atoms with Gasteiger partial charge in [0.05, 0.1) is 11.7 Å². The molecule has 0 atom stereocenters. The summed E-state index contributed by atoms with van der Waals surface area (Å²) in [4.78, 5) is 12.0. The number of hydrogen-bond donors (Lipinski definition) is 2. The highest BCUT2D eigenvalue weighted by Gasteiger charge is 2.06. The molecule has 22 heavy (non-hydrogen) atoms. The van der Waals surface area contributed by atoms with Gasteiger partial charge in [-0.3, -0.25) is 9.89 Å². The molecule has 1 amide bonds. The van der Waals surface area contributed by atoms with Crippen LogP contribution in [0, 0.1) is 13.8 Å². The molecule has 1 aromatic heterocycles. The lowest BCUT2D eigenvalue weighted by atomic mass is 10.1. The summed E-state index contributed by atoms with van der Waals surface area (Å²) in [6.45, 7) is 3.98. The first-order valence-corrected chi connectivity index (χ1v) is 7.04. The first-order valence-electron chi connectivity index (χ1n) is 7.04. The van der Waals surface area contributed by atoms with E-state index >= 15 is 0 Å². The van der Waals surface area contributed by atoms with Gasteiger partial charge >= 0.3 is 0 Å². The molecule has 0 bridgehead atoms. The minimum atomic E-state index is -0.193. The van der Waals surface area contributed by atoms with Crippen LogP contribution in [0.15, 0.2) is 42.6 Å². The molecular formula is C17H17N3O2. The molecule has 0 saturated heterocycles. The number of hydrogen-bond acceptors (Lipinski definition) is 3. The second kappa shape index (κ2) is 5.89. The van der Waals surface area contributed by atoms with Gasteiger partial charge in [0, 0.05) is 11.1 Å². The molecule has 5 nitrogen and oxygen atoms in total. The van der Waals surface area contributed by atoms with Crippen LogP contribution >= 0.6 is 0 Å². The summed E-state index contributed by atoms with van der Waals surface area (Å²) >= 11 is 0. The quantitative estimate of drug-likeness (QED) is 0.776. The zero-order valence-corrected chi connectivity index (χ0v) is 12.5. The Hall–Kier alpha value is -2.82. The van der Waals surface area contributed by atoms with Crippen molar-refractivity contribution < 1.29 is 9.53 Å². The smallest absolute Gasteiger partial charge is 0.262 e. The lowest BCUT2D eigenvalue weighted by molar-refractivity contribution is -0.118. The Morgan fingerprint density at radius 1 is 1.18 bits per heavy atom. The van der Waals surface area contributed by atoms with Gasteiger partial charge in [-0.1, -0.05) is 6.07 Å². The highest BCUT2D eigenvalue weighted by atomic mass is 16.5. The van der Waals surface area contributed by atoms with Crippen LogP contribution in [-0.4, -0.2) is 22.7 Å². The van der Waals surface area contributed by atoms with Crippen molar-refractivity contribution in [2.45, 2.75) is 13.8 Å². The van der Waals surface area contributed by atoms with Gasteiger partial charge in [-0.05, 0) is 55.3 Å². The van der Waals surface area contributed by atoms with Crippen molar-refractivity contribution in [3.63, 3.8) is 0 Å². The molecule has 0 unspecified atom stereocenters. The van der Waals surface area contributed by atoms with E-state index in [9.17, 15) is 4.79 Å². The standard InChI is InChI=1S/C17H17N3O2/c1-11-5-12(2)7-15(6-11)22-10-17(21)19-14-3-4-16-13(8-14)9-18-20-16/h3-9H,10H2,1-2H3,(H,18,20)(H,19,21). The molecule has 5 heteroatoms. The van der Waals surface area contributed by atoms with Crippen LogP contribution in [0.1, 0.15) is 11.1 Å². The number of aromatic amines is 1. The van der Waals surface area contributed by atoms with E-state index in [1.807, 2.05) is 44.2 Å². The third kappa shape index (κ3) is 3.25. The number of nitrogens with one attached hydrogen (secondary N) is 2. The average Bonchev–Trinajstić information content (AvgIpc) is 2.92. The largest absolute Gasteiger partial charge is 0.484 e. The summed E-state index contributed by atoms with van der Waals surface area (Å²) < 4.78 is 5.54. The monoisotopic (exact) mass is 295 g/mol. The molecule has 0 fully saturated rings. The molecule has 2 aromatic carbocycles. The molecule has 0 aliphatic heterocycles. The van der Waals surface area contributed by atoms with Crippen molar-refractivity contribution in [3.8, 4) is 5.75 Å². The minimum Gasteiger partial charge on any atom is -0.484 e. The van der Waals surface area contributed by atoms with Crippen LogP contribution < -0.4 is 10.1 Å². The Morgan fingerprint density at radius 3 is 2.73 bits per heavy atom. The molecule has 0 aliphatic rings. The third-order valence-electron chi connectivity index (χ3n) is 3.29. The number of ether oxygens (including phenoxy) is 1. The van der Waals surface area contributed by atoms with Crippen molar-refractivity contribution in [3.05, 3.63) is 53.7 Å². The van der Waals surface area contributed by atoms with E-state index in [1.165, 1.54) is 0 Å². The predicted octanol–water partition coefficient (Wildman–Crippen LogP) is 3.20. The maximum absolute atomic E-state index is 12.0. The number of benzene rings is 2. The van der Waals surface area contributed by atoms with E-state index in [-0.39, 0.29) is 12.5 Å². The number of anilines is 1. The number of aromatic nitrogens is 2. The maximum atomic E-state index is 12.0. The van der Waals surface area contributed by atoms with Gasteiger partial charge in [-0.15, -0.1) is 0 Å². The number of fused-ring (bicyclic) bond motifs is 1. The minimum absolute atomic E-state index is 0.0215. The van der Waals surface area contributed by atoms with Crippen molar-refractivity contribution in [1.82, 2.24) is 10.2 Å². The summed E-state index contributed by atoms with van der Waals surface area (Å²) in [7, 11) is 0. The van der Waals surface area contributed by atoms with E-state index in [4.69, 9.17) is 4.74 Å². The molecule has 0 radical (unpaired) electrons. The fourth-order valence-corrected chi connectivity index (χ4v) is 2.38. The van der Waals surface area contributed by atoms with Crippen LogP contribution in [0.25, 0.3) is 10.9 Å². The van der Waals surface area contributed by atoms with Crippen LogP contribution in [0.3, 0.4) is 0 Å². The Bertz CT molecular complexity index is 803. The van der Waals surface area contributed by atoms with Crippen molar-refractivity contribution >= 4 is 22.5 Å². The van der Waals surface area contributed by atoms with Crippen molar-refractivity contribution in [1.29, 1.82) is 0 Å². The van der Waals surface area contributed by atoms with Crippen LogP contribution in [0.4, 0.5) is 5.69 Å². The van der Waals surface area contributed by atoms with Gasteiger partial charge in [0.1, 0.15) is 5.75 Å². The molecule has 3 rings (SSSR count). The topological polar surface area (TPSA) is 67.0 Å².